The quantitative estimate of drug-likeness (QED) is 0.439. The third kappa shape index (κ3) is 4.90. The highest BCUT2D eigenvalue weighted by molar-refractivity contribution is 5.57. The van der Waals surface area contributed by atoms with Crippen molar-refractivity contribution >= 4 is 5.69 Å². The first kappa shape index (κ1) is 19.5. The number of unbranched alkanes of at least 4 members (excludes halogenated alkanes) is 1. The van der Waals surface area contributed by atoms with Crippen molar-refractivity contribution < 1.29 is 4.92 Å². The molecule has 1 heterocycles. The number of aryl methyl sites for hydroxylation is 1. The van der Waals surface area contributed by atoms with E-state index in [1.807, 2.05) is 6.20 Å². The fraction of sp³-hybridized carbons (Fsp3) is 0.545. The van der Waals surface area contributed by atoms with Crippen LogP contribution in [-0.2, 0) is 12.8 Å². The molecule has 1 aliphatic rings. The molecule has 0 amide bonds. The van der Waals surface area contributed by atoms with E-state index >= 15 is 0 Å². The highest BCUT2D eigenvalue weighted by atomic mass is 16.6. The summed E-state index contributed by atoms with van der Waals surface area (Å²) in [6.07, 6.45) is 11.8. The first-order valence-electron chi connectivity index (χ1n) is 10.2. The summed E-state index contributed by atoms with van der Waals surface area (Å²) in [4.78, 5) is 19.7. The molecule has 5 nitrogen and oxygen atoms in total. The molecule has 144 valence electrons. The van der Waals surface area contributed by atoms with Gasteiger partial charge >= 0.3 is 0 Å². The van der Waals surface area contributed by atoms with Crippen LogP contribution in [-0.4, -0.2) is 14.9 Å². The smallest absolute Gasteiger partial charge is 0.258 e. The Morgan fingerprint density at radius 2 is 2.04 bits per heavy atom. The molecular formula is C22H29N3O2. The van der Waals surface area contributed by atoms with Crippen LogP contribution in [0.3, 0.4) is 0 Å². The lowest BCUT2D eigenvalue weighted by Gasteiger charge is -2.27. The summed E-state index contributed by atoms with van der Waals surface area (Å²) >= 11 is 0. The molecule has 0 bridgehead atoms. The van der Waals surface area contributed by atoms with Gasteiger partial charge in [-0.05, 0) is 55.2 Å². The lowest BCUT2D eigenvalue weighted by molar-refractivity contribution is -0.384. The average molecular weight is 367 g/mol. The number of hydrogen-bond donors (Lipinski definition) is 0. The van der Waals surface area contributed by atoms with E-state index in [4.69, 9.17) is 4.98 Å². The Labute approximate surface area is 161 Å². The molecule has 0 N–H and O–H groups in total. The first-order chi connectivity index (χ1) is 13.1. The summed E-state index contributed by atoms with van der Waals surface area (Å²) in [5.41, 5.74) is 3.35. The molecular weight excluding hydrogens is 338 g/mol. The van der Waals surface area contributed by atoms with Crippen LogP contribution in [0.1, 0.15) is 63.6 Å². The summed E-state index contributed by atoms with van der Waals surface area (Å²) in [5.74, 6) is 2.25. The van der Waals surface area contributed by atoms with Crippen molar-refractivity contribution in [2.45, 2.75) is 65.2 Å². The van der Waals surface area contributed by atoms with Crippen LogP contribution in [0, 0.1) is 22.0 Å². The van der Waals surface area contributed by atoms with Gasteiger partial charge in [0.2, 0.25) is 0 Å². The van der Waals surface area contributed by atoms with Crippen molar-refractivity contribution in [2.75, 3.05) is 0 Å². The highest BCUT2D eigenvalue weighted by Crippen LogP contribution is 2.32. The van der Waals surface area contributed by atoms with E-state index < -0.39 is 0 Å². The Morgan fingerprint density at radius 1 is 1.26 bits per heavy atom. The van der Waals surface area contributed by atoms with E-state index in [0.717, 1.165) is 35.9 Å². The van der Waals surface area contributed by atoms with Gasteiger partial charge in [-0.25, -0.2) is 9.97 Å². The molecule has 2 aromatic rings. The lowest BCUT2D eigenvalue weighted by atomic mass is 9.79. The van der Waals surface area contributed by atoms with Crippen LogP contribution < -0.4 is 0 Å². The second kappa shape index (κ2) is 9.07. The summed E-state index contributed by atoms with van der Waals surface area (Å²) in [7, 11) is 0. The van der Waals surface area contributed by atoms with E-state index in [9.17, 15) is 10.1 Å². The van der Waals surface area contributed by atoms with Crippen molar-refractivity contribution in [3.8, 4) is 11.4 Å². The van der Waals surface area contributed by atoms with Gasteiger partial charge in [0.25, 0.3) is 5.69 Å². The van der Waals surface area contributed by atoms with Gasteiger partial charge in [0.15, 0.2) is 5.82 Å². The number of hydrogen-bond acceptors (Lipinski definition) is 4. The second-order valence-corrected chi connectivity index (χ2v) is 7.73. The third-order valence-electron chi connectivity index (χ3n) is 5.80. The van der Waals surface area contributed by atoms with Crippen molar-refractivity contribution in [1.82, 2.24) is 9.97 Å². The fourth-order valence-electron chi connectivity index (χ4n) is 4.11. The number of nitro benzene ring substituents is 1. The van der Waals surface area contributed by atoms with E-state index in [2.05, 4.69) is 18.8 Å². The van der Waals surface area contributed by atoms with Gasteiger partial charge in [-0.1, -0.05) is 39.5 Å². The van der Waals surface area contributed by atoms with E-state index in [-0.39, 0.29) is 10.6 Å². The Bertz CT molecular complexity index is 774. The van der Waals surface area contributed by atoms with Gasteiger partial charge in [-0.15, -0.1) is 0 Å². The molecule has 2 unspecified atom stereocenters. The maximum atomic E-state index is 10.8. The zero-order valence-electron chi connectivity index (χ0n) is 16.4. The molecule has 0 saturated carbocycles. The number of nitro groups is 1. The van der Waals surface area contributed by atoms with Gasteiger partial charge in [0.1, 0.15) is 0 Å². The molecule has 0 aliphatic heterocycles. The van der Waals surface area contributed by atoms with E-state index in [0.29, 0.717) is 5.82 Å². The predicted molar refractivity (Wildman–Crippen MR) is 108 cm³/mol. The molecule has 0 spiro atoms. The van der Waals surface area contributed by atoms with Crippen molar-refractivity contribution in [3.63, 3.8) is 0 Å². The molecule has 1 aliphatic carbocycles. The normalized spacial score (nSPS) is 17.3. The van der Waals surface area contributed by atoms with Crippen LogP contribution in [0.2, 0.25) is 0 Å². The number of non-ortho nitro benzene ring substituents is 1. The summed E-state index contributed by atoms with van der Waals surface area (Å²) < 4.78 is 0. The largest absolute Gasteiger partial charge is 0.269 e. The van der Waals surface area contributed by atoms with Crippen LogP contribution in [0.15, 0.2) is 30.5 Å². The molecule has 27 heavy (non-hydrogen) atoms. The van der Waals surface area contributed by atoms with Crippen molar-refractivity contribution in [1.29, 1.82) is 0 Å². The highest BCUT2D eigenvalue weighted by Gasteiger charge is 2.23. The molecule has 3 rings (SSSR count). The third-order valence-corrected chi connectivity index (χ3v) is 5.80. The molecule has 5 heteroatoms. The number of benzene rings is 1. The summed E-state index contributed by atoms with van der Waals surface area (Å²) in [6, 6.07) is 6.47. The summed E-state index contributed by atoms with van der Waals surface area (Å²) in [6.45, 7) is 4.58. The number of aromatic nitrogens is 2. The molecule has 1 aromatic heterocycles. The van der Waals surface area contributed by atoms with Crippen molar-refractivity contribution in [3.05, 3.63) is 51.8 Å². The lowest BCUT2D eigenvalue weighted by Crippen LogP contribution is -2.19. The van der Waals surface area contributed by atoms with Crippen LogP contribution in [0.25, 0.3) is 11.4 Å². The van der Waals surface area contributed by atoms with Crippen LogP contribution >= 0.6 is 0 Å². The zero-order chi connectivity index (χ0) is 19.2. The number of fused-ring (bicyclic) bond motifs is 1. The van der Waals surface area contributed by atoms with Gasteiger partial charge in [-0.3, -0.25) is 10.1 Å². The fourth-order valence-corrected chi connectivity index (χ4v) is 4.11. The second-order valence-electron chi connectivity index (χ2n) is 7.73. The molecule has 0 saturated heterocycles. The number of rotatable bonds is 8. The SMILES string of the molecule is CCCCC(CC)CC1CCc2nc(-c3ccc([N+](=O)[O-])cc3)ncc2C1. The minimum atomic E-state index is -0.387. The van der Waals surface area contributed by atoms with Crippen LogP contribution in [0.5, 0.6) is 0 Å². The Balaban J connectivity index is 1.68. The van der Waals surface area contributed by atoms with E-state index in [1.54, 1.807) is 12.1 Å². The standard InChI is InChI=1S/C22H29N3O2/c1-3-5-6-16(4-2)13-17-7-12-21-19(14-17)15-23-22(24-21)18-8-10-20(11-9-18)25(26)27/h8-11,15-17H,3-7,12-14H2,1-2H3. The van der Waals surface area contributed by atoms with E-state index in [1.165, 1.54) is 56.2 Å². The first-order valence-corrected chi connectivity index (χ1v) is 10.2. The summed E-state index contributed by atoms with van der Waals surface area (Å²) in [5, 5.41) is 10.8. The minimum Gasteiger partial charge on any atom is -0.258 e. The maximum absolute atomic E-state index is 10.8. The van der Waals surface area contributed by atoms with Gasteiger partial charge in [-0.2, -0.15) is 0 Å². The number of nitrogens with zero attached hydrogens (tertiary/aromatic N) is 3. The predicted octanol–water partition coefficient (Wildman–Crippen LogP) is 5.76. The Morgan fingerprint density at radius 3 is 2.70 bits per heavy atom. The van der Waals surface area contributed by atoms with Crippen molar-refractivity contribution in [2.24, 2.45) is 11.8 Å². The maximum Gasteiger partial charge on any atom is 0.269 e. The molecule has 1 aromatic carbocycles. The molecule has 0 fully saturated rings. The zero-order valence-corrected chi connectivity index (χ0v) is 16.4. The van der Waals surface area contributed by atoms with Gasteiger partial charge in [0.05, 0.1) is 4.92 Å². The molecule has 2 atom stereocenters. The Kier molecular flexibility index (Phi) is 6.54. The van der Waals surface area contributed by atoms with Gasteiger partial charge < -0.3 is 0 Å². The van der Waals surface area contributed by atoms with Gasteiger partial charge in [0, 0.05) is 29.6 Å². The topological polar surface area (TPSA) is 68.9 Å². The monoisotopic (exact) mass is 367 g/mol. The molecule has 0 radical (unpaired) electrons. The average Bonchev–Trinajstić information content (AvgIpc) is 2.70. The Hall–Kier alpha value is -2.30. The van der Waals surface area contributed by atoms with Crippen LogP contribution in [0.4, 0.5) is 5.69 Å². The minimum absolute atomic E-state index is 0.0908.